The average Bonchev–Trinajstić information content (AvgIpc) is 3.64. The van der Waals surface area contributed by atoms with Crippen LogP contribution in [0, 0.1) is 0 Å². The number of nitrogens with zero attached hydrogens (tertiary/aromatic N) is 2. The van der Waals surface area contributed by atoms with Crippen molar-refractivity contribution in [3.05, 3.63) is 266 Å². The van der Waals surface area contributed by atoms with Crippen LogP contribution in [-0.4, -0.2) is 0 Å². The summed E-state index contributed by atoms with van der Waals surface area (Å²) in [6.07, 6.45) is 0. The fourth-order valence-corrected chi connectivity index (χ4v) is 10.4. The Kier molecular flexibility index (Phi) is 9.88. The van der Waals surface area contributed by atoms with Gasteiger partial charge in [-0.1, -0.05) is 190 Å². The molecule has 1 aliphatic rings. The Morgan fingerprint density at radius 1 is 0.269 bits per heavy atom. The molecule has 0 saturated heterocycles. The third-order valence-corrected chi connectivity index (χ3v) is 13.8. The summed E-state index contributed by atoms with van der Waals surface area (Å²) in [6.45, 7) is 4.72. The van der Waals surface area contributed by atoms with Gasteiger partial charge < -0.3 is 9.80 Å². The van der Waals surface area contributed by atoms with Crippen LogP contribution >= 0.6 is 0 Å². The van der Waals surface area contributed by atoms with Crippen molar-refractivity contribution in [1.82, 2.24) is 0 Å². The molecule has 11 aromatic rings. The van der Waals surface area contributed by atoms with Gasteiger partial charge in [0.1, 0.15) is 0 Å². The summed E-state index contributed by atoms with van der Waals surface area (Å²) in [5, 5.41) is 5.44. The van der Waals surface area contributed by atoms with Gasteiger partial charge in [-0.15, -0.1) is 0 Å². The van der Waals surface area contributed by atoms with Crippen molar-refractivity contribution in [2.75, 3.05) is 9.80 Å². The quantitative estimate of drug-likeness (QED) is 0.126. The molecule has 0 spiro atoms. The van der Waals surface area contributed by atoms with Gasteiger partial charge in [0.15, 0.2) is 0 Å². The second-order valence-corrected chi connectivity index (χ2v) is 18.2. The first kappa shape index (κ1) is 40.1. The lowest BCUT2D eigenvalue weighted by atomic mass is 9.82. The summed E-state index contributed by atoms with van der Waals surface area (Å²) in [7, 11) is 0. The van der Waals surface area contributed by atoms with Crippen LogP contribution in [0.15, 0.2) is 255 Å². The van der Waals surface area contributed by atoms with E-state index in [4.69, 9.17) is 0 Å². The number of benzene rings is 11. The maximum atomic E-state index is 2.39. The van der Waals surface area contributed by atoms with Crippen molar-refractivity contribution in [1.29, 1.82) is 0 Å². The molecule has 12 rings (SSSR count). The molecular formula is C65H48N2. The van der Waals surface area contributed by atoms with Gasteiger partial charge in [-0.25, -0.2) is 0 Å². The van der Waals surface area contributed by atoms with E-state index in [0.717, 1.165) is 45.3 Å². The van der Waals surface area contributed by atoms with Crippen molar-refractivity contribution in [2.45, 2.75) is 19.3 Å². The highest BCUT2D eigenvalue weighted by molar-refractivity contribution is 6.19. The molecule has 0 bridgehead atoms. The molecule has 0 aliphatic heterocycles. The summed E-state index contributed by atoms with van der Waals surface area (Å²) in [5.74, 6) is 0. The van der Waals surface area contributed by atoms with E-state index < -0.39 is 0 Å². The number of anilines is 6. The van der Waals surface area contributed by atoms with E-state index in [9.17, 15) is 0 Å². The second-order valence-electron chi connectivity index (χ2n) is 18.2. The lowest BCUT2D eigenvalue weighted by molar-refractivity contribution is 0.663. The van der Waals surface area contributed by atoms with Gasteiger partial charge in [0, 0.05) is 39.5 Å². The summed E-state index contributed by atoms with van der Waals surface area (Å²) in [4.78, 5) is 4.69. The van der Waals surface area contributed by atoms with Gasteiger partial charge in [0.05, 0.1) is 0 Å². The molecule has 0 amide bonds. The summed E-state index contributed by atoms with van der Waals surface area (Å²) < 4.78 is 0. The normalized spacial score (nSPS) is 12.4. The largest absolute Gasteiger partial charge is 0.311 e. The molecule has 0 aromatic heterocycles. The van der Waals surface area contributed by atoms with E-state index in [2.05, 4.69) is 278 Å². The highest BCUT2D eigenvalue weighted by atomic mass is 15.1. The second kappa shape index (κ2) is 16.5. The van der Waals surface area contributed by atoms with Gasteiger partial charge in [-0.3, -0.25) is 0 Å². The van der Waals surface area contributed by atoms with Crippen LogP contribution in [0.1, 0.15) is 25.0 Å². The zero-order chi connectivity index (χ0) is 44.9. The van der Waals surface area contributed by atoms with Crippen LogP contribution in [0.4, 0.5) is 34.1 Å². The summed E-state index contributed by atoms with van der Waals surface area (Å²) in [6, 6.07) is 92.7. The molecule has 0 N–H and O–H groups in total. The van der Waals surface area contributed by atoms with Gasteiger partial charge in [0.2, 0.25) is 0 Å². The first-order valence-electron chi connectivity index (χ1n) is 23.2. The first-order valence-corrected chi connectivity index (χ1v) is 23.2. The van der Waals surface area contributed by atoms with Crippen molar-refractivity contribution < 1.29 is 0 Å². The van der Waals surface area contributed by atoms with E-state index in [1.54, 1.807) is 0 Å². The van der Waals surface area contributed by atoms with Crippen molar-refractivity contribution in [3.63, 3.8) is 0 Å². The molecular weight excluding hydrogens is 809 g/mol. The van der Waals surface area contributed by atoms with E-state index >= 15 is 0 Å². The van der Waals surface area contributed by atoms with Gasteiger partial charge in [0.25, 0.3) is 0 Å². The molecule has 0 saturated carbocycles. The van der Waals surface area contributed by atoms with Crippen molar-refractivity contribution in [2.24, 2.45) is 0 Å². The summed E-state index contributed by atoms with van der Waals surface area (Å²) in [5.41, 5.74) is 19.1. The Morgan fingerprint density at radius 2 is 0.597 bits per heavy atom. The Morgan fingerprint density at radius 3 is 1.01 bits per heavy atom. The molecule has 1 aliphatic carbocycles. The maximum absolute atomic E-state index is 2.39. The van der Waals surface area contributed by atoms with Crippen molar-refractivity contribution in [3.8, 4) is 44.5 Å². The van der Waals surface area contributed by atoms with Gasteiger partial charge in [-0.2, -0.15) is 0 Å². The minimum atomic E-state index is -0.0205. The van der Waals surface area contributed by atoms with Crippen LogP contribution in [0.5, 0.6) is 0 Å². The fourth-order valence-electron chi connectivity index (χ4n) is 10.4. The van der Waals surface area contributed by atoms with Crippen LogP contribution in [0.3, 0.4) is 0 Å². The van der Waals surface area contributed by atoms with Crippen LogP contribution in [-0.2, 0) is 5.41 Å². The Labute approximate surface area is 393 Å². The van der Waals surface area contributed by atoms with E-state index in [0.29, 0.717) is 0 Å². The monoisotopic (exact) mass is 856 g/mol. The molecule has 0 unspecified atom stereocenters. The molecule has 318 valence electrons. The highest BCUT2D eigenvalue weighted by Gasteiger charge is 2.34. The third-order valence-electron chi connectivity index (χ3n) is 13.8. The lowest BCUT2D eigenvalue weighted by Crippen LogP contribution is -2.14. The minimum absolute atomic E-state index is 0.0205. The van der Waals surface area contributed by atoms with Crippen LogP contribution in [0.2, 0.25) is 0 Å². The van der Waals surface area contributed by atoms with Gasteiger partial charge >= 0.3 is 0 Å². The number of rotatable bonds is 10. The molecule has 0 radical (unpaired) electrons. The number of hydrogen-bond acceptors (Lipinski definition) is 2. The lowest BCUT2D eigenvalue weighted by Gasteiger charge is -2.26. The van der Waals surface area contributed by atoms with Gasteiger partial charge in [-0.05, 0) is 156 Å². The molecule has 0 fully saturated rings. The Bertz CT molecular complexity index is 3440. The number of hydrogen-bond donors (Lipinski definition) is 0. The summed E-state index contributed by atoms with van der Waals surface area (Å²) >= 11 is 0. The molecule has 2 heteroatoms. The zero-order valence-corrected chi connectivity index (χ0v) is 37.6. The predicted octanol–water partition coefficient (Wildman–Crippen LogP) is 18.2. The minimum Gasteiger partial charge on any atom is -0.311 e. The Balaban J connectivity index is 0.854. The van der Waals surface area contributed by atoms with E-state index in [1.807, 2.05) is 0 Å². The molecule has 11 aromatic carbocycles. The molecule has 0 atom stereocenters. The van der Waals surface area contributed by atoms with Crippen LogP contribution < -0.4 is 9.80 Å². The Hall–Kier alpha value is -8.46. The molecule has 0 heterocycles. The zero-order valence-electron chi connectivity index (χ0n) is 37.6. The maximum Gasteiger partial charge on any atom is 0.0462 e. The van der Waals surface area contributed by atoms with Crippen LogP contribution in [0.25, 0.3) is 66.1 Å². The SMILES string of the molecule is CC1(C)c2cccc3cc(-c4ccc(N(c5ccccc5)c5ccc(-c6ccc(N(c7ccc(-c8ccccc8)cc7)c7ccc(-c8ccccc8)cc7)cc6)cc5)cc4)c4cccc1c4c23. The van der Waals surface area contributed by atoms with Crippen molar-refractivity contribution >= 4 is 55.7 Å². The topological polar surface area (TPSA) is 6.48 Å². The standard InChI is InChI=1S/C65H48N2/c1-65(2)61-22-12-18-52-44-60(59-21-13-23-62(65)64(59)63(52)61)51-32-42-58(43-33-51)66(53-19-10-5-11-20-53)54-38-28-49(29-39-54)50-30-40-57(41-31-50)67(55-34-24-47(25-35-55)45-14-6-3-7-15-45)56-36-26-48(27-37-56)46-16-8-4-9-17-46/h3-44H,1-2H3. The predicted molar refractivity (Wildman–Crippen MR) is 285 cm³/mol. The third kappa shape index (κ3) is 7.15. The average molecular weight is 857 g/mol. The molecule has 67 heavy (non-hydrogen) atoms. The highest BCUT2D eigenvalue weighted by Crippen LogP contribution is 2.51. The fraction of sp³-hybridized carbons (Fsp3) is 0.0462. The smallest absolute Gasteiger partial charge is 0.0462 e. The molecule has 2 nitrogen and oxygen atoms in total. The number of para-hydroxylation sites is 1. The van der Waals surface area contributed by atoms with E-state index in [-0.39, 0.29) is 5.41 Å². The van der Waals surface area contributed by atoms with E-state index in [1.165, 1.54) is 66.1 Å². The first-order chi connectivity index (χ1) is 33.0.